The van der Waals surface area contributed by atoms with Gasteiger partial charge in [-0.3, -0.25) is 14.5 Å². The van der Waals surface area contributed by atoms with Crippen LogP contribution in [0.15, 0.2) is 30.3 Å². The van der Waals surface area contributed by atoms with Gasteiger partial charge in [0, 0.05) is 32.2 Å². The standard InChI is InChI=1S/C18H28N4O4S/c1-15(2)20-17(23)12-19-18(24)13-21-8-10-22(11-9-21)27(25,26)14-16-6-4-3-5-7-16/h3-7,15H,8-14H2,1-2H3,(H,19,24)(H,20,23). The Morgan fingerprint density at radius 1 is 1.04 bits per heavy atom. The lowest BCUT2D eigenvalue weighted by atomic mass is 10.2. The molecule has 2 amide bonds. The van der Waals surface area contributed by atoms with E-state index in [1.807, 2.05) is 36.9 Å². The zero-order chi connectivity index (χ0) is 19.9. The molecule has 8 nitrogen and oxygen atoms in total. The Balaban J connectivity index is 1.74. The largest absolute Gasteiger partial charge is 0.352 e. The molecular formula is C18H28N4O4S. The molecule has 27 heavy (non-hydrogen) atoms. The fourth-order valence-electron chi connectivity index (χ4n) is 2.85. The van der Waals surface area contributed by atoms with Gasteiger partial charge >= 0.3 is 0 Å². The topological polar surface area (TPSA) is 98.8 Å². The zero-order valence-electron chi connectivity index (χ0n) is 15.8. The van der Waals surface area contributed by atoms with Gasteiger partial charge in [0.15, 0.2) is 0 Å². The summed E-state index contributed by atoms with van der Waals surface area (Å²) in [5.41, 5.74) is 0.763. The summed E-state index contributed by atoms with van der Waals surface area (Å²) in [6.07, 6.45) is 0. The van der Waals surface area contributed by atoms with Gasteiger partial charge in [-0.1, -0.05) is 30.3 Å². The third-order valence-electron chi connectivity index (χ3n) is 4.18. The van der Waals surface area contributed by atoms with Gasteiger partial charge in [0.25, 0.3) is 0 Å². The maximum absolute atomic E-state index is 12.5. The monoisotopic (exact) mass is 396 g/mol. The maximum atomic E-state index is 12.5. The molecule has 2 rings (SSSR count). The van der Waals surface area contributed by atoms with Crippen LogP contribution in [0.25, 0.3) is 0 Å². The number of carbonyl (C=O) groups excluding carboxylic acids is 2. The number of sulfonamides is 1. The van der Waals surface area contributed by atoms with Crippen molar-refractivity contribution in [1.82, 2.24) is 19.8 Å². The normalized spacial score (nSPS) is 16.3. The molecule has 1 heterocycles. The van der Waals surface area contributed by atoms with E-state index in [4.69, 9.17) is 0 Å². The number of rotatable bonds is 8. The molecule has 1 aliphatic rings. The number of nitrogens with one attached hydrogen (secondary N) is 2. The Labute approximate surface area is 161 Å². The van der Waals surface area contributed by atoms with E-state index in [1.165, 1.54) is 4.31 Å². The number of nitrogens with zero attached hydrogens (tertiary/aromatic N) is 2. The number of hydrogen-bond donors (Lipinski definition) is 2. The van der Waals surface area contributed by atoms with Crippen molar-refractivity contribution < 1.29 is 18.0 Å². The minimum absolute atomic E-state index is 0.0146. The van der Waals surface area contributed by atoms with Crippen LogP contribution in [0, 0.1) is 0 Å². The molecule has 0 radical (unpaired) electrons. The van der Waals surface area contributed by atoms with E-state index in [0.717, 1.165) is 5.56 Å². The van der Waals surface area contributed by atoms with Gasteiger partial charge in [0.2, 0.25) is 21.8 Å². The first-order valence-corrected chi connectivity index (χ1v) is 10.7. The first kappa shape index (κ1) is 21.3. The minimum Gasteiger partial charge on any atom is -0.352 e. The third-order valence-corrected chi connectivity index (χ3v) is 6.03. The van der Waals surface area contributed by atoms with Crippen molar-refractivity contribution in [1.29, 1.82) is 0 Å². The predicted octanol–water partition coefficient (Wildman–Crippen LogP) is -0.225. The highest BCUT2D eigenvalue weighted by Gasteiger charge is 2.27. The van der Waals surface area contributed by atoms with Crippen LogP contribution in [-0.2, 0) is 25.4 Å². The highest BCUT2D eigenvalue weighted by molar-refractivity contribution is 7.88. The second kappa shape index (κ2) is 9.82. The molecule has 1 fully saturated rings. The van der Waals surface area contributed by atoms with Crippen molar-refractivity contribution >= 4 is 21.8 Å². The SMILES string of the molecule is CC(C)NC(=O)CNC(=O)CN1CCN(S(=O)(=O)Cc2ccccc2)CC1. The Bertz CT molecular complexity index is 729. The molecular weight excluding hydrogens is 368 g/mol. The molecule has 0 aromatic heterocycles. The van der Waals surface area contributed by atoms with E-state index in [2.05, 4.69) is 10.6 Å². The van der Waals surface area contributed by atoms with Crippen molar-refractivity contribution in [2.75, 3.05) is 39.3 Å². The highest BCUT2D eigenvalue weighted by atomic mass is 32.2. The fourth-order valence-corrected chi connectivity index (χ4v) is 4.37. The molecule has 2 N–H and O–H groups in total. The van der Waals surface area contributed by atoms with Gasteiger partial charge in [-0.25, -0.2) is 8.42 Å². The summed E-state index contributed by atoms with van der Waals surface area (Å²) in [6.45, 7) is 5.49. The van der Waals surface area contributed by atoms with E-state index in [9.17, 15) is 18.0 Å². The summed E-state index contributed by atoms with van der Waals surface area (Å²) in [4.78, 5) is 25.4. The van der Waals surface area contributed by atoms with Gasteiger partial charge in [-0.2, -0.15) is 4.31 Å². The second-order valence-corrected chi connectivity index (χ2v) is 8.88. The molecule has 0 spiro atoms. The average molecular weight is 397 g/mol. The van der Waals surface area contributed by atoms with Crippen LogP contribution in [-0.4, -0.2) is 74.7 Å². The number of amides is 2. The summed E-state index contributed by atoms with van der Waals surface area (Å²) in [7, 11) is -3.37. The van der Waals surface area contributed by atoms with Gasteiger partial charge in [0.1, 0.15) is 0 Å². The molecule has 1 aromatic carbocycles. The second-order valence-electron chi connectivity index (χ2n) is 6.92. The van der Waals surface area contributed by atoms with Crippen LogP contribution in [0.2, 0.25) is 0 Å². The summed E-state index contributed by atoms with van der Waals surface area (Å²) in [5, 5.41) is 5.29. The maximum Gasteiger partial charge on any atom is 0.239 e. The van der Waals surface area contributed by atoms with Crippen LogP contribution in [0.3, 0.4) is 0 Å². The minimum atomic E-state index is -3.37. The number of piperazine rings is 1. The van der Waals surface area contributed by atoms with Gasteiger partial charge < -0.3 is 10.6 Å². The van der Waals surface area contributed by atoms with Gasteiger partial charge in [0.05, 0.1) is 18.8 Å². The lowest BCUT2D eigenvalue weighted by Gasteiger charge is -2.33. The van der Waals surface area contributed by atoms with Crippen LogP contribution in [0.1, 0.15) is 19.4 Å². The van der Waals surface area contributed by atoms with Crippen molar-refractivity contribution in [3.8, 4) is 0 Å². The molecule has 150 valence electrons. The Morgan fingerprint density at radius 3 is 2.26 bits per heavy atom. The van der Waals surface area contributed by atoms with Crippen molar-refractivity contribution in [3.05, 3.63) is 35.9 Å². The third kappa shape index (κ3) is 7.28. The summed E-state index contributed by atoms with van der Waals surface area (Å²) >= 11 is 0. The smallest absolute Gasteiger partial charge is 0.239 e. The predicted molar refractivity (Wildman–Crippen MR) is 103 cm³/mol. The quantitative estimate of drug-likeness (QED) is 0.633. The van der Waals surface area contributed by atoms with Crippen molar-refractivity contribution in [3.63, 3.8) is 0 Å². The molecule has 1 saturated heterocycles. The first-order valence-electron chi connectivity index (χ1n) is 9.06. The molecule has 1 aromatic rings. The van der Waals surface area contributed by atoms with Gasteiger partial charge in [-0.15, -0.1) is 0 Å². The van der Waals surface area contributed by atoms with Crippen LogP contribution in [0.4, 0.5) is 0 Å². The van der Waals surface area contributed by atoms with E-state index in [0.29, 0.717) is 26.2 Å². The summed E-state index contributed by atoms with van der Waals surface area (Å²) in [5.74, 6) is -0.482. The molecule has 0 aliphatic carbocycles. The summed E-state index contributed by atoms with van der Waals surface area (Å²) in [6, 6.07) is 9.12. The van der Waals surface area contributed by atoms with Crippen LogP contribution >= 0.6 is 0 Å². The Kier molecular flexibility index (Phi) is 7.76. The van der Waals surface area contributed by atoms with Crippen LogP contribution < -0.4 is 10.6 Å². The van der Waals surface area contributed by atoms with Crippen molar-refractivity contribution in [2.24, 2.45) is 0 Å². The number of carbonyl (C=O) groups is 2. The number of benzene rings is 1. The lowest BCUT2D eigenvalue weighted by Crippen LogP contribution is -2.51. The molecule has 0 saturated carbocycles. The summed E-state index contributed by atoms with van der Waals surface area (Å²) < 4.78 is 26.5. The number of hydrogen-bond acceptors (Lipinski definition) is 5. The van der Waals surface area contributed by atoms with E-state index in [-0.39, 0.29) is 36.7 Å². The van der Waals surface area contributed by atoms with Crippen molar-refractivity contribution in [2.45, 2.75) is 25.6 Å². The van der Waals surface area contributed by atoms with E-state index < -0.39 is 10.0 Å². The highest BCUT2D eigenvalue weighted by Crippen LogP contribution is 2.13. The average Bonchev–Trinajstić information content (AvgIpc) is 2.60. The molecule has 1 aliphatic heterocycles. The molecule has 9 heteroatoms. The van der Waals surface area contributed by atoms with E-state index in [1.54, 1.807) is 12.1 Å². The lowest BCUT2D eigenvalue weighted by molar-refractivity contribution is -0.127. The van der Waals surface area contributed by atoms with Crippen LogP contribution in [0.5, 0.6) is 0 Å². The fraction of sp³-hybridized carbons (Fsp3) is 0.556. The molecule has 0 bridgehead atoms. The van der Waals surface area contributed by atoms with Gasteiger partial charge in [-0.05, 0) is 19.4 Å². The Hall–Kier alpha value is -1.97. The molecule has 0 unspecified atom stereocenters. The zero-order valence-corrected chi connectivity index (χ0v) is 16.7. The Morgan fingerprint density at radius 2 is 1.67 bits per heavy atom. The molecule has 0 atom stereocenters. The first-order chi connectivity index (χ1) is 12.8. The van der Waals surface area contributed by atoms with E-state index >= 15 is 0 Å².